The molecule has 0 aliphatic carbocycles. The topological polar surface area (TPSA) is 38.0 Å². The SMILES string of the molecule is C=C(N)Nc1ccc(Cc2ccccc2)cc1. The van der Waals surface area contributed by atoms with Crippen LogP contribution in [0, 0.1) is 0 Å². The zero-order valence-electron chi connectivity index (χ0n) is 9.69. The summed E-state index contributed by atoms with van der Waals surface area (Å²) in [7, 11) is 0. The van der Waals surface area contributed by atoms with Gasteiger partial charge in [-0.1, -0.05) is 49.0 Å². The highest BCUT2D eigenvalue weighted by atomic mass is 15.0. The molecule has 0 bridgehead atoms. The summed E-state index contributed by atoms with van der Waals surface area (Å²) in [6.45, 7) is 3.61. The van der Waals surface area contributed by atoms with E-state index in [0.717, 1.165) is 12.1 Å². The molecule has 3 N–H and O–H groups in total. The van der Waals surface area contributed by atoms with Crippen LogP contribution in [0.3, 0.4) is 0 Å². The summed E-state index contributed by atoms with van der Waals surface area (Å²) in [4.78, 5) is 0. The van der Waals surface area contributed by atoms with Crippen LogP contribution in [0.5, 0.6) is 0 Å². The third-order valence-corrected chi connectivity index (χ3v) is 2.51. The van der Waals surface area contributed by atoms with Crippen molar-refractivity contribution >= 4 is 5.69 Å². The van der Waals surface area contributed by atoms with E-state index < -0.39 is 0 Å². The molecule has 0 saturated carbocycles. The van der Waals surface area contributed by atoms with Crippen molar-refractivity contribution in [2.45, 2.75) is 6.42 Å². The molecule has 0 saturated heterocycles. The van der Waals surface area contributed by atoms with E-state index in [2.05, 4.69) is 48.3 Å². The normalized spacial score (nSPS) is 9.88. The summed E-state index contributed by atoms with van der Waals surface area (Å²) in [6.07, 6.45) is 0.949. The monoisotopic (exact) mass is 224 g/mol. The molecule has 2 nitrogen and oxygen atoms in total. The Bertz CT molecular complexity index is 486. The van der Waals surface area contributed by atoms with Crippen molar-refractivity contribution in [1.82, 2.24) is 0 Å². The Labute approximate surface area is 102 Å². The summed E-state index contributed by atoms with van der Waals surface area (Å²) in [5.41, 5.74) is 9.05. The van der Waals surface area contributed by atoms with Crippen LogP contribution in [0.1, 0.15) is 11.1 Å². The van der Waals surface area contributed by atoms with Gasteiger partial charge in [-0.2, -0.15) is 0 Å². The van der Waals surface area contributed by atoms with Crippen LogP contribution in [-0.2, 0) is 6.42 Å². The Kier molecular flexibility index (Phi) is 3.46. The molecule has 2 heteroatoms. The zero-order valence-corrected chi connectivity index (χ0v) is 9.69. The first kappa shape index (κ1) is 11.3. The first-order valence-electron chi connectivity index (χ1n) is 5.58. The lowest BCUT2D eigenvalue weighted by Gasteiger charge is -2.06. The summed E-state index contributed by atoms with van der Waals surface area (Å²) in [6, 6.07) is 18.6. The molecule has 0 atom stereocenters. The van der Waals surface area contributed by atoms with Crippen LogP contribution in [0.15, 0.2) is 67.0 Å². The number of rotatable bonds is 4. The molecule has 2 aromatic rings. The Morgan fingerprint density at radius 3 is 2.12 bits per heavy atom. The van der Waals surface area contributed by atoms with E-state index in [1.807, 2.05) is 18.2 Å². The van der Waals surface area contributed by atoms with Crippen molar-refractivity contribution in [2.24, 2.45) is 5.73 Å². The zero-order chi connectivity index (χ0) is 12.1. The van der Waals surface area contributed by atoms with Gasteiger partial charge in [0.25, 0.3) is 0 Å². The number of nitrogens with two attached hydrogens (primary N) is 1. The van der Waals surface area contributed by atoms with Gasteiger partial charge in [-0.15, -0.1) is 0 Å². The maximum absolute atomic E-state index is 5.48. The molecule has 0 amide bonds. The third kappa shape index (κ3) is 3.38. The van der Waals surface area contributed by atoms with Crippen molar-refractivity contribution in [2.75, 3.05) is 5.32 Å². The van der Waals surface area contributed by atoms with E-state index >= 15 is 0 Å². The molecule has 86 valence electrons. The van der Waals surface area contributed by atoms with Crippen molar-refractivity contribution < 1.29 is 0 Å². The van der Waals surface area contributed by atoms with Crippen molar-refractivity contribution in [1.29, 1.82) is 0 Å². The average molecular weight is 224 g/mol. The van der Waals surface area contributed by atoms with Gasteiger partial charge < -0.3 is 11.1 Å². The minimum Gasteiger partial charge on any atom is -0.386 e. The van der Waals surface area contributed by atoms with Crippen molar-refractivity contribution in [3.05, 3.63) is 78.1 Å². The quantitative estimate of drug-likeness (QED) is 0.837. The van der Waals surface area contributed by atoms with Gasteiger partial charge in [-0.05, 0) is 29.7 Å². The predicted molar refractivity (Wildman–Crippen MR) is 72.6 cm³/mol. The highest BCUT2D eigenvalue weighted by molar-refractivity contribution is 5.48. The van der Waals surface area contributed by atoms with Gasteiger partial charge in [-0.3, -0.25) is 0 Å². The second-order valence-electron chi connectivity index (χ2n) is 4.01. The van der Waals surface area contributed by atoms with Gasteiger partial charge in [0, 0.05) is 5.69 Å². The van der Waals surface area contributed by atoms with Crippen LogP contribution in [0.25, 0.3) is 0 Å². The van der Waals surface area contributed by atoms with Gasteiger partial charge in [0.2, 0.25) is 0 Å². The molecule has 0 aliphatic rings. The Morgan fingerprint density at radius 2 is 1.53 bits per heavy atom. The molecule has 0 unspecified atom stereocenters. The van der Waals surface area contributed by atoms with Gasteiger partial charge in [0.05, 0.1) is 5.82 Å². The third-order valence-electron chi connectivity index (χ3n) is 2.51. The molecule has 17 heavy (non-hydrogen) atoms. The Balaban J connectivity index is 2.06. The first-order chi connectivity index (χ1) is 8.24. The molecule has 2 rings (SSSR count). The minimum absolute atomic E-state index is 0.459. The molecule has 0 aromatic heterocycles. The van der Waals surface area contributed by atoms with Crippen molar-refractivity contribution in [3.63, 3.8) is 0 Å². The van der Waals surface area contributed by atoms with E-state index in [4.69, 9.17) is 5.73 Å². The summed E-state index contributed by atoms with van der Waals surface area (Å²) in [5.74, 6) is 0.459. The maximum atomic E-state index is 5.48. The molecule has 0 spiro atoms. The summed E-state index contributed by atoms with van der Waals surface area (Å²) < 4.78 is 0. The molecular formula is C15H16N2. The van der Waals surface area contributed by atoms with Crippen LogP contribution < -0.4 is 11.1 Å². The highest BCUT2D eigenvalue weighted by Crippen LogP contribution is 2.13. The fourth-order valence-corrected chi connectivity index (χ4v) is 1.72. The summed E-state index contributed by atoms with van der Waals surface area (Å²) in [5, 5.41) is 2.98. The van der Waals surface area contributed by atoms with Gasteiger partial charge >= 0.3 is 0 Å². The van der Waals surface area contributed by atoms with E-state index in [1.165, 1.54) is 11.1 Å². The highest BCUT2D eigenvalue weighted by Gasteiger charge is 1.96. The maximum Gasteiger partial charge on any atom is 0.0930 e. The number of hydrogen-bond donors (Lipinski definition) is 2. The second kappa shape index (κ2) is 5.21. The average Bonchev–Trinajstić information content (AvgIpc) is 2.32. The Hall–Kier alpha value is -2.22. The molecule has 0 heterocycles. The lowest BCUT2D eigenvalue weighted by Crippen LogP contribution is -2.06. The Morgan fingerprint density at radius 1 is 0.941 bits per heavy atom. The van der Waals surface area contributed by atoms with E-state index in [1.54, 1.807) is 0 Å². The standard InChI is InChI=1S/C15H16N2/c1-12(16)17-15-9-7-14(8-10-15)11-13-5-3-2-4-6-13/h2-10,17H,1,11,16H2. The van der Waals surface area contributed by atoms with Gasteiger partial charge in [-0.25, -0.2) is 0 Å². The van der Waals surface area contributed by atoms with Gasteiger partial charge in [0.1, 0.15) is 0 Å². The second-order valence-corrected chi connectivity index (χ2v) is 4.01. The number of nitrogens with one attached hydrogen (secondary N) is 1. The summed E-state index contributed by atoms with van der Waals surface area (Å²) >= 11 is 0. The number of hydrogen-bond acceptors (Lipinski definition) is 2. The largest absolute Gasteiger partial charge is 0.386 e. The molecule has 0 aliphatic heterocycles. The smallest absolute Gasteiger partial charge is 0.0930 e. The lowest BCUT2D eigenvalue weighted by molar-refractivity contribution is 1.19. The predicted octanol–water partition coefficient (Wildman–Crippen LogP) is 3.12. The van der Waals surface area contributed by atoms with Crippen molar-refractivity contribution in [3.8, 4) is 0 Å². The van der Waals surface area contributed by atoms with E-state index in [-0.39, 0.29) is 0 Å². The van der Waals surface area contributed by atoms with E-state index in [0.29, 0.717) is 5.82 Å². The van der Waals surface area contributed by atoms with Crippen LogP contribution in [-0.4, -0.2) is 0 Å². The molecule has 2 aromatic carbocycles. The van der Waals surface area contributed by atoms with Crippen LogP contribution in [0.2, 0.25) is 0 Å². The lowest BCUT2D eigenvalue weighted by atomic mass is 10.0. The number of anilines is 1. The van der Waals surface area contributed by atoms with Crippen LogP contribution >= 0.6 is 0 Å². The van der Waals surface area contributed by atoms with E-state index in [9.17, 15) is 0 Å². The molecular weight excluding hydrogens is 208 g/mol. The van der Waals surface area contributed by atoms with Gasteiger partial charge in [0.15, 0.2) is 0 Å². The molecule has 0 fully saturated rings. The number of benzene rings is 2. The first-order valence-corrected chi connectivity index (χ1v) is 5.58. The molecule has 0 radical (unpaired) electrons. The fourth-order valence-electron chi connectivity index (χ4n) is 1.72. The minimum atomic E-state index is 0.459. The van der Waals surface area contributed by atoms with Crippen LogP contribution in [0.4, 0.5) is 5.69 Å². The fraction of sp³-hybridized carbons (Fsp3) is 0.0667.